The maximum atomic E-state index is 14.0. The van der Waals surface area contributed by atoms with Gasteiger partial charge in [0, 0.05) is 31.6 Å². The molecular formula is C38H52BrNO5. The molecule has 6 atom stereocenters. The van der Waals surface area contributed by atoms with E-state index in [9.17, 15) is 9.59 Å². The Hall–Kier alpha value is -2.38. The van der Waals surface area contributed by atoms with Crippen molar-refractivity contribution in [3.8, 4) is 11.5 Å². The molecule has 6 rings (SSSR count). The van der Waals surface area contributed by atoms with E-state index in [0.29, 0.717) is 35.9 Å². The lowest BCUT2D eigenvalue weighted by molar-refractivity contribution is -0.911. The Morgan fingerprint density at radius 1 is 1.07 bits per heavy atom. The lowest BCUT2D eigenvalue weighted by Gasteiger charge is -2.56. The number of ether oxygens (including phenoxy) is 3. The molecule has 7 heteroatoms. The molecule has 5 aliphatic rings. The van der Waals surface area contributed by atoms with Crippen molar-refractivity contribution in [2.75, 3.05) is 39.9 Å². The number of hydrogen-bond acceptors (Lipinski definition) is 5. The van der Waals surface area contributed by atoms with E-state index in [4.69, 9.17) is 14.2 Å². The third-order valence-electron chi connectivity index (χ3n) is 12.4. The van der Waals surface area contributed by atoms with Gasteiger partial charge in [-0.2, -0.15) is 0 Å². The van der Waals surface area contributed by atoms with Crippen molar-refractivity contribution in [2.45, 2.75) is 84.7 Å². The first-order chi connectivity index (χ1) is 21.1. The minimum atomic E-state index is -0.295. The highest BCUT2D eigenvalue weighted by Gasteiger charge is 2.60. The van der Waals surface area contributed by atoms with E-state index < -0.39 is 0 Å². The standard InChI is InChI=1S/C38H52NO5.BrH/c1-6-17-39(18-7-8-19-39)20-21-43-34-12-9-27(23-35(34)42-5)22-28-24-33-31-11-10-29-25-30(44-26(2)40)13-15-37(29,3)32(31)14-16-38(33,4)36(28)41;/h6,9-10,12,22-23,30-33H,1,7-8,11,13-21,24-25H2,2-5H3;1H/q+1;/p-1/b28-22+;/t30-,31+,32-,33-,37-,38-;/m0./s1. The maximum Gasteiger partial charge on any atom is 0.302 e. The Bertz CT molecular complexity index is 1360. The Morgan fingerprint density at radius 3 is 2.53 bits per heavy atom. The molecule has 6 nitrogen and oxygen atoms in total. The van der Waals surface area contributed by atoms with Gasteiger partial charge in [-0.1, -0.05) is 38.1 Å². The molecule has 1 aliphatic heterocycles. The molecule has 0 aromatic heterocycles. The third kappa shape index (κ3) is 6.33. The Labute approximate surface area is 280 Å². The number of Topliss-reactive ketones (excluding diaryl/α,β-unsaturated/α-hetero) is 1. The minimum absolute atomic E-state index is 0. The fraction of sp³-hybridized carbons (Fsp3) is 0.632. The van der Waals surface area contributed by atoms with Gasteiger partial charge in [0.2, 0.25) is 0 Å². The van der Waals surface area contributed by atoms with Crippen LogP contribution in [0, 0.1) is 28.6 Å². The fourth-order valence-electron chi connectivity index (χ4n) is 9.98. The zero-order valence-corrected chi connectivity index (χ0v) is 29.3. The molecule has 45 heavy (non-hydrogen) atoms. The predicted molar refractivity (Wildman–Crippen MR) is 173 cm³/mol. The van der Waals surface area contributed by atoms with Crippen LogP contribution in [0.2, 0.25) is 0 Å². The maximum absolute atomic E-state index is 14.0. The number of ketones is 1. The van der Waals surface area contributed by atoms with Crippen molar-refractivity contribution in [3.63, 3.8) is 0 Å². The van der Waals surface area contributed by atoms with Crippen molar-refractivity contribution < 1.29 is 45.3 Å². The van der Waals surface area contributed by atoms with E-state index in [2.05, 4.69) is 38.6 Å². The van der Waals surface area contributed by atoms with Crippen LogP contribution in [0.5, 0.6) is 11.5 Å². The van der Waals surface area contributed by atoms with Gasteiger partial charge >= 0.3 is 5.97 Å². The zero-order chi connectivity index (χ0) is 31.1. The first-order valence-corrected chi connectivity index (χ1v) is 17.0. The molecular weight excluding hydrogens is 630 g/mol. The van der Waals surface area contributed by atoms with Crippen LogP contribution in [0.1, 0.15) is 84.1 Å². The number of benzene rings is 1. The first-order valence-electron chi connectivity index (χ1n) is 17.0. The molecule has 1 aromatic carbocycles. The molecule has 4 aliphatic carbocycles. The molecule has 0 unspecified atom stereocenters. The van der Waals surface area contributed by atoms with E-state index in [1.165, 1.54) is 38.4 Å². The molecule has 1 heterocycles. The SMILES string of the molecule is C=CC[N+]1(CCOc2ccc(/C=C3\C[C@H]4[C@@H]5CC=C6C[C@@H](OC(C)=O)CC[C@]6(C)[C@H]5CC[C@]4(C)C3=O)cc2OC)CCCC1.[Br-]. The summed E-state index contributed by atoms with van der Waals surface area (Å²) < 4.78 is 18.7. The lowest BCUT2D eigenvalue weighted by Crippen LogP contribution is -3.00. The van der Waals surface area contributed by atoms with Gasteiger partial charge in [0.05, 0.1) is 26.7 Å². The molecule has 0 N–H and O–H groups in total. The van der Waals surface area contributed by atoms with Gasteiger partial charge in [0.25, 0.3) is 0 Å². The highest BCUT2D eigenvalue weighted by molar-refractivity contribution is 6.06. The van der Waals surface area contributed by atoms with Gasteiger partial charge in [0.15, 0.2) is 17.3 Å². The van der Waals surface area contributed by atoms with E-state index in [1.54, 1.807) is 7.11 Å². The minimum Gasteiger partial charge on any atom is -1.00 e. The number of hydrogen-bond donors (Lipinski definition) is 0. The number of carbonyl (C=O) groups excluding carboxylic acids is 2. The normalized spacial score (nSPS) is 34.1. The molecule has 246 valence electrons. The number of quaternary nitrogens is 1. The summed E-state index contributed by atoms with van der Waals surface area (Å²) >= 11 is 0. The van der Waals surface area contributed by atoms with Crippen LogP contribution in [0.3, 0.4) is 0 Å². The molecule has 4 fully saturated rings. The summed E-state index contributed by atoms with van der Waals surface area (Å²) in [7, 11) is 1.69. The number of carbonyl (C=O) groups is 2. The van der Waals surface area contributed by atoms with Crippen LogP contribution < -0.4 is 26.5 Å². The molecule has 0 spiro atoms. The molecule has 1 aromatic rings. The number of fused-ring (bicyclic) bond motifs is 5. The lowest BCUT2D eigenvalue weighted by atomic mass is 9.48. The second-order valence-electron chi connectivity index (χ2n) is 14.8. The van der Waals surface area contributed by atoms with Crippen LogP contribution in [-0.4, -0.2) is 62.2 Å². The molecule has 3 saturated carbocycles. The largest absolute Gasteiger partial charge is 1.00 e. The summed E-state index contributed by atoms with van der Waals surface area (Å²) in [5.41, 5.74) is 3.27. The average Bonchev–Trinajstić information content (AvgIpc) is 3.56. The second-order valence-corrected chi connectivity index (χ2v) is 14.8. The highest BCUT2D eigenvalue weighted by Crippen LogP contribution is 2.65. The molecule has 0 radical (unpaired) electrons. The van der Waals surface area contributed by atoms with Crippen LogP contribution in [-0.2, 0) is 14.3 Å². The summed E-state index contributed by atoms with van der Waals surface area (Å²) in [6.07, 6.45) is 15.9. The van der Waals surface area contributed by atoms with Crippen LogP contribution >= 0.6 is 0 Å². The quantitative estimate of drug-likeness (QED) is 0.168. The van der Waals surface area contributed by atoms with Gasteiger partial charge < -0.3 is 35.7 Å². The zero-order valence-electron chi connectivity index (χ0n) is 27.7. The smallest absolute Gasteiger partial charge is 0.302 e. The van der Waals surface area contributed by atoms with E-state index in [-0.39, 0.29) is 39.9 Å². The van der Waals surface area contributed by atoms with Crippen molar-refractivity contribution >= 4 is 17.8 Å². The van der Waals surface area contributed by atoms with Crippen molar-refractivity contribution in [1.29, 1.82) is 0 Å². The third-order valence-corrected chi connectivity index (χ3v) is 12.4. The Kier molecular flexibility index (Phi) is 10.1. The summed E-state index contributed by atoms with van der Waals surface area (Å²) in [6, 6.07) is 6.08. The van der Waals surface area contributed by atoms with Gasteiger partial charge in [-0.25, -0.2) is 0 Å². The predicted octanol–water partition coefficient (Wildman–Crippen LogP) is 4.33. The Balaban J connectivity index is 0.00000400. The summed E-state index contributed by atoms with van der Waals surface area (Å²) in [5, 5.41) is 0. The number of esters is 1. The second kappa shape index (κ2) is 13.4. The van der Waals surface area contributed by atoms with Crippen LogP contribution in [0.4, 0.5) is 0 Å². The number of methoxy groups -OCH3 is 1. The number of allylic oxidation sites excluding steroid dienone is 2. The molecule has 0 amide bonds. The number of nitrogens with zero attached hydrogens (tertiary/aromatic N) is 1. The van der Waals surface area contributed by atoms with Gasteiger partial charge in [-0.15, -0.1) is 0 Å². The first kappa shape index (κ1) is 34.0. The van der Waals surface area contributed by atoms with E-state index in [1.807, 2.05) is 18.2 Å². The van der Waals surface area contributed by atoms with Crippen LogP contribution in [0.25, 0.3) is 6.08 Å². The number of rotatable bonds is 9. The molecule has 0 bridgehead atoms. The van der Waals surface area contributed by atoms with Gasteiger partial charge in [-0.05, 0) is 97.1 Å². The van der Waals surface area contributed by atoms with Crippen LogP contribution in [0.15, 0.2) is 48.1 Å². The van der Waals surface area contributed by atoms with Gasteiger partial charge in [0.1, 0.15) is 19.3 Å². The monoisotopic (exact) mass is 681 g/mol. The number of halogens is 1. The van der Waals surface area contributed by atoms with Crippen molar-refractivity contribution in [2.24, 2.45) is 28.6 Å². The Morgan fingerprint density at radius 2 is 1.82 bits per heavy atom. The topological polar surface area (TPSA) is 61.8 Å². The summed E-state index contributed by atoms with van der Waals surface area (Å²) in [5.74, 6) is 3.08. The number of likely N-dealkylation sites (tertiary alicyclic amines) is 1. The van der Waals surface area contributed by atoms with E-state index >= 15 is 0 Å². The van der Waals surface area contributed by atoms with Crippen molar-refractivity contribution in [1.82, 2.24) is 0 Å². The fourth-order valence-corrected chi connectivity index (χ4v) is 9.98. The highest BCUT2D eigenvalue weighted by atomic mass is 79.9. The molecule has 1 saturated heterocycles. The summed E-state index contributed by atoms with van der Waals surface area (Å²) in [6.45, 7) is 15.2. The van der Waals surface area contributed by atoms with Crippen molar-refractivity contribution in [3.05, 3.63) is 53.6 Å². The van der Waals surface area contributed by atoms with Gasteiger partial charge in [-0.3, -0.25) is 9.59 Å². The van der Waals surface area contributed by atoms with E-state index in [0.717, 1.165) is 79.4 Å². The summed E-state index contributed by atoms with van der Waals surface area (Å²) in [4.78, 5) is 25.6. The average molecular weight is 683 g/mol.